The third kappa shape index (κ3) is 4.07. The first kappa shape index (κ1) is 20.8. The van der Waals surface area contributed by atoms with Gasteiger partial charge in [0, 0.05) is 36.2 Å². The average Bonchev–Trinajstić information content (AvgIpc) is 2.95. The van der Waals surface area contributed by atoms with E-state index in [1.165, 1.54) is 12.1 Å². The number of fused-ring (bicyclic) bond motifs is 3. The van der Waals surface area contributed by atoms with Crippen LogP contribution in [0.5, 0.6) is 0 Å². The molecule has 154 valence electrons. The van der Waals surface area contributed by atoms with E-state index < -0.39 is 10.1 Å². The highest BCUT2D eigenvalue weighted by atomic mass is 32.2. The second-order valence-corrected chi connectivity index (χ2v) is 8.80. The molecule has 1 aliphatic rings. The lowest BCUT2D eigenvalue weighted by Crippen LogP contribution is -2.36. The van der Waals surface area contributed by atoms with Gasteiger partial charge in [0.2, 0.25) is 5.91 Å². The van der Waals surface area contributed by atoms with Crippen LogP contribution in [0.3, 0.4) is 0 Å². The lowest BCUT2D eigenvalue weighted by molar-refractivity contribution is -0.132. The molecule has 0 saturated heterocycles. The Hall–Kier alpha value is -1.93. The highest BCUT2D eigenvalue weighted by Gasteiger charge is 2.33. The fraction of sp³-hybridized carbons (Fsp3) is 0.550. The highest BCUT2D eigenvalue weighted by Crippen LogP contribution is 2.40. The maximum atomic E-state index is 14.0. The third-order valence-corrected chi connectivity index (χ3v) is 6.01. The van der Waals surface area contributed by atoms with Crippen molar-refractivity contribution in [3.05, 3.63) is 35.3 Å². The van der Waals surface area contributed by atoms with Gasteiger partial charge in [-0.05, 0) is 56.9 Å². The molecule has 1 atom stereocenters. The first-order valence-corrected chi connectivity index (χ1v) is 11.5. The van der Waals surface area contributed by atoms with Crippen LogP contribution >= 0.6 is 0 Å². The van der Waals surface area contributed by atoms with E-state index in [2.05, 4.69) is 0 Å². The van der Waals surface area contributed by atoms with Crippen LogP contribution in [-0.4, -0.2) is 49.7 Å². The molecule has 0 bridgehead atoms. The second-order valence-electron chi connectivity index (χ2n) is 7.15. The fourth-order valence-corrected chi connectivity index (χ4v) is 4.60. The van der Waals surface area contributed by atoms with Gasteiger partial charge in [0.15, 0.2) is 0 Å². The fourth-order valence-electron chi connectivity index (χ4n) is 4.22. The summed E-state index contributed by atoms with van der Waals surface area (Å²) in [5, 5.41) is 0.736. The topological polar surface area (TPSA) is 68.6 Å². The van der Waals surface area contributed by atoms with E-state index in [4.69, 9.17) is 4.18 Å². The van der Waals surface area contributed by atoms with E-state index in [-0.39, 0.29) is 24.2 Å². The number of rotatable bonds is 7. The minimum atomic E-state index is -3.53. The number of nitrogens with zero attached hydrogens (tertiary/aromatic N) is 2. The summed E-state index contributed by atoms with van der Waals surface area (Å²) in [5.41, 5.74) is 2.68. The summed E-state index contributed by atoms with van der Waals surface area (Å²) in [5.74, 6) is -0.578. The van der Waals surface area contributed by atoms with Crippen molar-refractivity contribution in [2.45, 2.75) is 45.6 Å². The summed E-state index contributed by atoms with van der Waals surface area (Å²) in [6, 6.07) is 4.57. The zero-order chi connectivity index (χ0) is 20.5. The summed E-state index contributed by atoms with van der Waals surface area (Å²) < 4.78 is 43.5. The summed E-state index contributed by atoms with van der Waals surface area (Å²) in [7, 11) is -3.53. The van der Waals surface area contributed by atoms with Crippen molar-refractivity contribution in [1.82, 2.24) is 9.47 Å². The number of amides is 1. The molecule has 0 radical (unpaired) electrons. The van der Waals surface area contributed by atoms with E-state index in [0.717, 1.165) is 47.7 Å². The van der Waals surface area contributed by atoms with Crippen LogP contribution < -0.4 is 0 Å². The molecule has 1 aromatic carbocycles. The largest absolute Gasteiger partial charge is 0.343 e. The van der Waals surface area contributed by atoms with Crippen molar-refractivity contribution in [1.29, 1.82) is 0 Å². The third-order valence-electron chi connectivity index (χ3n) is 5.42. The first-order valence-electron chi connectivity index (χ1n) is 9.70. The predicted octanol–water partition coefficient (Wildman–Crippen LogP) is 3.04. The summed E-state index contributed by atoms with van der Waals surface area (Å²) >= 11 is 0. The van der Waals surface area contributed by atoms with E-state index in [9.17, 15) is 17.6 Å². The minimum absolute atomic E-state index is 0.00108. The Morgan fingerprint density at radius 1 is 1.32 bits per heavy atom. The molecule has 1 amide bonds. The molecule has 0 fully saturated rings. The molecule has 0 saturated carbocycles. The van der Waals surface area contributed by atoms with E-state index in [1.807, 2.05) is 23.3 Å². The molecular weight excluding hydrogens is 383 g/mol. The molecule has 0 N–H and O–H groups in total. The first-order chi connectivity index (χ1) is 13.3. The quantitative estimate of drug-likeness (QED) is 0.658. The van der Waals surface area contributed by atoms with Crippen LogP contribution in [0, 0.1) is 5.82 Å². The lowest BCUT2D eigenvalue weighted by atomic mass is 9.84. The highest BCUT2D eigenvalue weighted by molar-refractivity contribution is 7.85. The summed E-state index contributed by atoms with van der Waals surface area (Å²) in [6.07, 6.45) is 3.38. The van der Waals surface area contributed by atoms with Crippen LogP contribution in [-0.2, 0) is 32.1 Å². The molecule has 2 aromatic rings. The molecule has 28 heavy (non-hydrogen) atoms. The van der Waals surface area contributed by atoms with Gasteiger partial charge < -0.3 is 9.47 Å². The van der Waals surface area contributed by atoms with Crippen LogP contribution in [0.15, 0.2) is 18.2 Å². The van der Waals surface area contributed by atoms with Crippen molar-refractivity contribution < 1.29 is 21.8 Å². The zero-order valence-electron chi connectivity index (χ0n) is 16.6. The van der Waals surface area contributed by atoms with Gasteiger partial charge in [-0.25, -0.2) is 4.39 Å². The van der Waals surface area contributed by atoms with Crippen LogP contribution in [0.4, 0.5) is 4.39 Å². The Morgan fingerprint density at radius 2 is 2.04 bits per heavy atom. The Bertz CT molecular complexity index is 980. The number of halogens is 1. The van der Waals surface area contributed by atoms with Gasteiger partial charge in [-0.1, -0.05) is 0 Å². The van der Waals surface area contributed by atoms with Crippen LogP contribution in [0.25, 0.3) is 10.9 Å². The Labute approximate surface area is 165 Å². The number of carbonyl (C=O) groups excluding carboxylic acids is 1. The summed E-state index contributed by atoms with van der Waals surface area (Å²) in [6.45, 7) is 5.51. The molecular formula is C20H27FN2O4S. The normalized spacial score (nSPS) is 16.9. The van der Waals surface area contributed by atoms with Crippen LogP contribution in [0.1, 0.15) is 43.9 Å². The monoisotopic (exact) mass is 410 g/mol. The van der Waals surface area contributed by atoms with Gasteiger partial charge in [0.1, 0.15) is 5.82 Å². The van der Waals surface area contributed by atoms with Gasteiger partial charge in [0.05, 0.1) is 18.8 Å². The molecule has 3 rings (SSSR count). The smallest absolute Gasteiger partial charge is 0.264 e. The Morgan fingerprint density at radius 3 is 2.68 bits per heavy atom. The molecule has 1 unspecified atom stereocenters. The van der Waals surface area contributed by atoms with Crippen molar-refractivity contribution in [2.24, 2.45) is 0 Å². The molecule has 1 aliphatic carbocycles. The maximum Gasteiger partial charge on any atom is 0.264 e. The van der Waals surface area contributed by atoms with E-state index in [1.54, 1.807) is 6.07 Å². The number of likely N-dealkylation sites (N-methyl/N-ethyl adjacent to an activating group) is 1. The minimum Gasteiger partial charge on any atom is -0.343 e. The summed E-state index contributed by atoms with van der Waals surface area (Å²) in [4.78, 5) is 14.9. The Kier molecular flexibility index (Phi) is 6.09. The molecule has 1 heterocycles. The number of aromatic nitrogens is 1. The predicted molar refractivity (Wildman–Crippen MR) is 106 cm³/mol. The number of benzene rings is 1. The SMILES string of the molecule is CCN(CC)C(=O)C1CCCc2c1c1cc(F)ccc1n2CCOS(C)(=O)=O. The maximum absolute atomic E-state index is 14.0. The van der Waals surface area contributed by atoms with Crippen molar-refractivity contribution in [3.63, 3.8) is 0 Å². The second kappa shape index (κ2) is 8.21. The van der Waals surface area contributed by atoms with E-state index in [0.29, 0.717) is 19.6 Å². The lowest BCUT2D eigenvalue weighted by Gasteiger charge is -2.29. The van der Waals surface area contributed by atoms with Crippen molar-refractivity contribution >= 4 is 26.9 Å². The number of carbonyl (C=O) groups is 1. The molecule has 1 aromatic heterocycles. The van der Waals surface area contributed by atoms with E-state index >= 15 is 0 Å². The van der Waals surface area contributed by atoms with Crippen molar-refractivity contribution in [3.8, 4) is 0 Å². The standard InChI is InChI=1S/C20H27FN2O4S/c1-4-22(5-2)20(24)15-7-6-8-18-19(15)16-13-14(21)9-10-17(16)23(18)11-12-27-28(3,25)26/h9-10,13,15H,4-8,11-12H2,1-3H3. The number of hydrogen-bond donors (Lipinski definition) is 0. The van der Waals surface area contributed by atoms with Gasteiger partial charge in [0.25, 0.3) is 10.1 Å². The molecule has 0 aliphatic heterocycles. The van der Waals surface area contributed by atoms with Crippen LogP contribution in [0.2, 0.25) is 0 Å². The van der Waals surface area contributed by atoms with Gasteiger partial charge in [-0.15, -0.1) is 0 Å². The van der Waals surface area contributed by atoms with Crippen molar-refractivity contribution in [2.75, 3.05) is 26.0 Å². The molecule has 0 spiro atoms. The molecule has 6 nitrogen and oxygen atoms in total. The molecule has 8 heteroatoms. The van der Waals surface area contributed by atoms with Gasteiger partial charge >= 0.3 is 0 Å². The van der Waals surface area contributed by atoms with Gasteiger partial charge in [-0.2, -0.15) is 8.42 Å². The average molecular weight is 411 g/mol. The number of hydrogen-bond acceptors (Lipinski definition) is 4. The van der Waals surface area contributed by atoms with Gasteiger partial charge in [-0.3, -0.25) is 8.98 Å². The Balaban J connectivity index is 2.08. The zero-order valence-corrected chi connectivity index (χ0v) is 17.4.